The molecule has 0 unspecified atom stereocenters. The molecule has 0 aliphatic rings. The molecule has 1 aromatic heterocycles. The van der Waals surface area contributed by atoms with E-state index < -0.39 is 27.0 Å². The van der Waals surface area contributed by atoms with Crippen molar-refractivity contribution in [3.63, 3.8) is 0 Å². The van der Waals surface area contributed by atoms with Gasteiger partial charge in [-0.2, -0.15) is 0 Å². The molecule has 0 saturated carbocycles. The van der Waals surface area contributed by atoms with Crippen LogP contribution >= 0.6 is 0 Å². The number of phenols is 1. The van der Waals surface area contributed by atoms with Gasteiger partial charge in [0.05, 0.1) is 15.9 Å². The van der Waals surface area contributed by atoms with E-state index >= 15 is 0 Å². The first-order valence-electron chi connectivity index (χ1n) is 5.67. The summed E-state index contributed by atoms with van der Waals surface area (Å²) in [6.07, 6.45) is 1.81. The van der Waals surface area contributed by atoms with E-state index in [9.17, 15) is 20.2 Å². The van der Waals surface area contributed by atoms with Gasteiger partial charge in [0.15, 0.2) is 11.9 Å². The molecule has 0 bridgehead atoms. The summed E-state index contributed by atoms with van der Waals surface area (Å²) in [5, 5.41) is 29.3. The van der Waals surface area contributed by atoms with Crippen LogP contribution in [0.1, 0.15) is 5.69 Å². The number of aromatic nitrogens is 1. The van der Waals surface area contributed by atoms with Crippen LogP contribution in [-0.4, -0.2) is 15.0 Å². The predicted molar refractivity (Wildman–Crippen MR) is 72.9 cm³/mol. The van der Waals surface area contributed by atoms with Gasteiger partial charge in [-0.15, -0.1) is 0 Å². The van der Waals surface area contributed by atoms with Crippen molar-refractivity contribution in [3.05, 3.63) is 68.5 Å². The molecule has 2 rings (SSSR count). The standard InChI is InChI=1S/C6H4N2O5.C6H9N2/c9-6-2-1-4(7(10)11)3-5(6)8(12)13;1-6-4-2-3-5-8(6)7/h1-3,9H;2-5H,7H2,1H3/q;+1. The third-order valence-corrected chi connectivity index (χ3v) is 2.47. The first-order chi connectivity index (χ1) is 9.82. The maximum atomic E-state index is 10.2. The molecule has 1 aromatic carbocycles. The Morgan fingerprint density at radius 2 is 1.81 bits per heavy atom. The average molecular weight is 293 g/mol. The molecule has 110 valence electrons. The fraction of sp³-hybridized carbons (Fsp3) is 0.0833. The van der Waals surface area contributed by atoms with E-state index in [4.69, 9.17) is 10.9 Å². The highest BCUT2D eigenvalue weighted by Crippen LogP contribution is 2.29. The van der Waals surface area contributed by atoms with Gasteiger partial charge >= 0.3 is 5.69 Å². The van der Waals surface area contributed by atoms with Crippen LogP contribution in [0.5, 0.6) is 5.75 Å². The summed E-state index contributed by atoms with van der Waals surface area (Å²) in [5.74, 6) is 4.85. The maximum absolute atomic E-state index is 10.2. The summed E-state index contributed by atoms with van der Waals surface area (Å²) in [6.45, 7) is 1.96. The summed E-state index contributed by atoms with van der Waals surface area (Å²) >= 11 is 0. The quantitative estimate of drug-likeness (QED) is 0.369. The van der Waals surface area contributed by atoms with Gasteiger partial charge in [-0.05, 0) is 12.1 Å². The number of hydrogen-bond acceptors (Lipinski definition) is 6. The molecule has 0 amide bonds. The van der Waals surface area contributed by atoms with Gasteiger partial charge in [-0.3, -0.25) is 20.2 Å². The largest absolute Gasteiger partial charge is 0.502 e. The van der Waals surface area contributed by atoms with E-state index in [1.807, 2.05) is 31.3 Å². The van der Waals surface area contributed by atoms with Crippen molar-refractivity contribution in [1.29, 1.82) is 0 Å². The van der Waals surface area contributed by atoms with Crippen LogP contribution in [0.3, 0.4) is 0 Å². The summed E-state index contributed by atoms with van der Waals surface area (Å²) in [5.41, 5.74) is -0.0359. The van der Waals surface area contributed by atoms with Crippen LogP contribution in [0.25, 0.3) is 0 Å². The molecule has 21 heavy (non-hydrogen) atoms. The van der Waals surface area contributed by atoms with E-state index in [-0.39, 0.29) is 0 Å². The molecule has 3 N–H and O–H groups in total. The van der Waals surface area contributed by atoms with Crippen molar-refractivity contribution < 1.29 is 19.6 Å². The number of aryl methyl sites for hydroxylation is 1. The Hall–Kier alpha value is -3.23. The lowest BCUT2D eigenvalue weighted by Gasteiger charge is -1.94. The van der Waals surface area contributed by atoms with Crippen molar-refractivity contribution in [2.75, 3.05) is 5.84 Å². The SMILES string of the molecule is Cc1cccc[n+]1N.O=[N+]([O-])c1ccc(O)c([N+](=O)[O-])c1. The fourth-order valence-electron chi connectivity index (χ4n) is 1.31. The Bertz CT molecular complexity index is 653. The number of nitrogens with two attached hydrogens (primary N) is 1. The number of hydrogen-bond donors (Lipinski definition) is 2. The fourth-order valence-corrected chi connectivity index (χ4v) is 1.31. The highest BCUT2D eigenvalue weighted by molar-refractivity contribution is 5.52. The second-order valence-corrected chi connectivity index (χ2v) is 3.94. The molecule has 0 spiro atoms. The Balaban J connectivity index is 0.000000235. The van der Waals surface area contributed by atoms with Crippen molar-refractivity contribution in [1.82, 2.24) is 0 Å². The molecule has 0 radical (unpaired) electrons. The minimum Gasteiger partial charge on any atom is -0.502 e. The Labute approximate surface area is 119 Å². The van der Waals surface area contributed by atoms with Crippen molar-refractivity contribution in [2.45, 2.75) is 6.92 Å². The van der Waals surface area contributed by atoms with Crippen molar-refractivity contribution in [2.24, 2.45) is 0 Å². The van der Waals surface area contributed by atoms with Crippen LogP contribution in [0.2, 0.25) is 0 Å². The number of nitrogens with zero attached hydrogens (tertiary/aromatic N) is 3. The number of rotatable bonds is 2. The second-order valence-electron chi connectivity index (χ2n) is 3.94. The summed E-state index contributed by atoms with van der Waals surface area (Å²) in [7, 11) is 0. The monoisotopic (exact) mass is 293 g/mol. The average Bonchev–Trinajstić information content (AvgIpc) is 2.43. The van der Waals surface area contributed by atoms with Crippen molar-refractivity contribution >= 4 is 11.4 Å². The molecule has 9 nitrogen and oxygen atoms in total. The van der Waals surface area contributed by atoms with Gasteiger partial charge in [-0.1, -0.05) is 4.68 Å². The first-order valence-corrected chi connectivity index (χ1v) is 5.67. The zero-order valence-corrected chi connectivity index (χ0v) is 11.0. The number of nitro groups is 2. The number of nitro benzene ring substituents is 2. The maximum Gasteiger partial charge on any atom is 0.317 e. The Morgan fingerprint density at radius 3 is 2.24 bits per heavy atom. The van der Waals surface area contributed by atoms with Crippen LogP contribution in [0, 0.1) is 27.2 Å². The molecule has 0 saturated heterocycles. The van der Waals surface area contributed by atoms with E-state index in [1.165, 1.54) is 0 Å². The van der Waals surface area contributed by atoms with Crippen molar-refractivity contribution in [3.8, 4) is 5.75 Å². The Morgan fingerprint density at radius 1 is 1.14 bits per heavy atom. The van der Waals surface area contributed by atoms with E-state index in [2.05, 4.69) is 0 Å². The highest BCUT2D eigenvalue weighted by atomic mass is 16.6. The van der Waals surface area contributed by atoms with Gasteiger partial charge in [0.2, 0.25) is 5.69 Å². The smallest absolute Gasteiger partial charge is 0.317 e. The lowest BCUT2D eigenvalue weighted by molar-refractivity contribution is -0.645. The van der Waals surface area contributed by atoms with Crippen LogP contribution < -0.4 is 10.5 Å². The van der Waals surface area contributed by atoms with Gasteiger partial charge in [0.25, 0.3) is 5.69 Å². The number of pyridine rings is 1. The lowest BCUT2D eigenvalue weighted by Crippen LogP contribution is -2.46. The van der Waals surface area contributed by atoms with Crippen LogP contribution in [0.4, 0.5) is 11.4 Å². The highest BCUT2D eigenvalue weighted by Gasteiger charge is 2.18. The zero-order chi connectivity index (χ0) is 16.0. The zero-order valence-electron chi connectivity index (χ0n) is 11.0. The summed E-state index contributed by atoms with van der Waals surface area (Å²) in [6, 6.07) is 8.42. The molecular formula is C12H13N4O5+. The minimum atomic E-state index is -0.887. The predicted octanol–water partition coefficient (Wildman–Crippen LogP) is 1.20. The van der Waals surface area contributed by atoms with Gasteiger partial charge in [-0.25, -0.2) is 5.84 Å². The first kappa shape index (κ1) is 15.8. The summed E-state index contributed by atoms with van der Waals surface area (Å²) in [4.78, 5) is 18.7. The Kier molecular flexibility index (Phi) is 5.12. The third kappa shape index (κ3) is 4.42. The third-order valence-electron chi connectivity index (χ3n) is 2.47. The van der Waals surface area contributed by atoms with Gasteiger partial charge < -0.3 is 5.11 Å². The van der Waals surface area contributed by atoms with Gasteiger partial charge in [0, 0.05) is 25.1 Å². The normalized spacial score (nSPS) is 9.38. The second kappa shape index (κ2) is 6.80. The number of phenolic OH excluding ortho intramolecular Hbond substituents is 1. The molecule has 2 aromatic rings. The minimum absolute atomic E-state index is 0.426. The molecule has 0 atom stereocenters. The molecule has 0 fully saturated rings. The van der Waals surface area contributed by atoms with Crippen LogP contribution in [-0.2, 0) is 0 Å². The number of aromatic hydroxyl groups is 1. The molecule has 9 heteroatoms. The van der Waals surface area contributed by atoms with E-state index in [0.29, 0.717) is 6.07 Å². The van der Waals surface area contributed by atoms with Gasteiger partial charge in [0.1, 0.15) is 0 Å². The van der Waals surface area contributed by atoms with Crippen LogP contribution in [0.15, 0.2) is 42.6 Å². The van der Waals surface area contributed by atoms with E-state index in [0.717, 1.165) is 17.8 Å². The topological polar surface area (TPSA) is 136 Å². The lowest BCUT2D eigenvalue weighted by atomic mass is 10.2. The molecular weight excluding hydrogens is 280 g/mol. The molecule has 1 heterocycles. The number of benzene rings is 1. The molecule has 0 aliphatic heterocycles. The molecule has 0 aliphatic carbocycles. The summed E-state index contributed by atoms with van der Waals surface area (Å²) < 4.78 is 1.58. The number of nitrogen functional groups attached to an aromatic ring is 1. The van der Waals surface area contributed by atoms with E-state index in [1.54, 1.807) is 4.68 Å². The number of non-ortho nitro benzene ring substituents is 1.